The quantitative estimate of drug-likeness (QED) is 0.688. The van der Waals surface area contributed by atoms with Crippen LogP contribution < -0.4 is 0 Å². The molecule has 0 aliphatic heterocycles. The number of rotatable bonds is 3. The van der Waals surface area contributed by atoms with Gasteiger partial charge in [-0.05, 0) is 40.7 Å². The Labute approximate surface area is 110 Å². The van der Waals surface area contributed by atoms with Crippen LogP contribution in [0.25, 0.3) is 5.57 Å². The summed E-state index contributed by atoms with van der Waals surface area (Å²) in [5.41, 5.74) is 6.34. The lowest BCUT2D eigenvalue weighted by molar-refractivity contribution is 0.853. The average molecular weight is 236 g/mol. The van der Waals surface area contributed by atoms with Gasteiger partial charge in [0.1, 0.15) is 0 Å². The molecule has 0 spiro atoms. The van der Waals surface area contributed by atoms with Crippen LogP contribution in [-0.4, -0.2) is 0 Å². The van der Waals surface area contributed by atoms with Gasteiger partial charge < -0.3 is 0 Å². The largest absolute Gasteiger partial charge is 0.0905 e. The molecule has 0 aliphatic rings. The molecule has 0 amide bonds. The summed E-state index contributed by atoms with van der Waals surface area (Å²) in [6, 6.07) is 16.9. The zero-order valence-electron chi connectivity index (χ0n) is 11.4. The molecule has 0 bridgehead atoms. The van der Waals surface area contributed by atoms with E-state index in [1.807, 2.05) is 6.07 Å². The molecule has 0 fully saturated rings. The SMILES string of the molecule is C=C(c1ccccc1)c1cccc(C)c1C(C)C. The van der Waals surface area contributed by atoms with Gasteiger partial charge in [0.05, 0.1) is 0 Å². The zero-order valence-corrected chi connectivity index (χ0v) is 11.4. The first-order valence-corrected chi connectivity index (χ1v) is 6.45. The van der Waals surface area contributed by atoms with E-state index in [0.717, 1.165) is 5.57 Å². The van der Waals surface area contributed by atoms with Gasteiger partial charge in [0.15, 0.2) is 0 Å². The van der Waals surface area contributed by atoms with Crippen LogP contribution in [0.3, 0.4) is 0 Å². The molecular weight excluding hydrogens is 216 g/mol. The minimum Gasteiger partial charge on any atom is -0.0905 e. The monoisotopic (exact) mass is 236 g/mol. The van der Waals surface area contributed by atoms with Crippen molar-refractivity contribution in [2.24, 2.45) is 0 Å². The first-order valence-electron chi connectivity index (χ1n) is 6.45. The second kappa shape index (κ2) is 5.22. The van der Waals surface area contributed by atoms with Crippen molar-refractivity contribution in [1.29, 1.82) is 0 Å². The van der Waals surface area contributed by atoms with Gasteiger partial charge in [0.2, 0.25) is 0 Å². The molecule has 0 saturated heterocycles. The Balaban J connectivity index is 2.52. The van der Waals surface area contributed by atoms with E-state index in [9.17, 15) is 0 Å². The van der Waals surface area contributed by atoms with Crippen LogP contribution in [0.1, 0.15) is 42.0 Å². The third kappa shape index (κ3) is 2.38. The predicted octanol–water partition coefficient (Wildman–Crippen LogP) is 5.18. The Morgan fingerprint density at radius 1 is 0.944 bits per heavy atom. The van der Waals surface area contributed by atoms with E-state index in [0.29, 0.717) is 5.92 Å². The van der Waals surface area contributed by atoms with Crippen molar-refractivity contribution in [3.8, 4) is 0 Å². The van der Waals surface area contributed by atoms with Crippen molar-refractivity contribution in [1.82, 2.24) is 0 Å². The molecule has 2 aromatic rings. The van der Waals surface area contributed by atoms with Crippen LogP contribution in [0.15, 0.2) is 55.1 Å². The lowest BCUT2D eigenvalue weighted by atomic mass is 9.87. The summed E-state index contributed by atoms with van der Waals surface area (Å²) >= 11 is 0. The zero-order chi connectivity index (χ0) is 13.1. The van der Waals surface area contributed by atoms with E-state index < -0.39 is 0 Å². The fourth-order valence-electron chi connectivity index (χ4n) is 2.50. The topological polar surface area (TPSA) is 0 Å². The van der Waals surface area contributed by atoms with Crippen molar-refractivity contribution in [2.45, 2.75) is 26.7 Å². The van der Waals surface area contributed by atoms with Crippen LogP contribution in [0.5, 0.6) is 0 Å². The molecule has 0 N–H and O–H groups in total. The summed E-state index contributed by atoms with van der Waals surface area (Å²) in [5, 5.41) is 0. The summed E-state index contributed by atoms with van der Waals surface area (Å²) in [5.74, 6) is 0.515. The summed E-state index contributed by atoms with van der Waals surface area (Å²) in [7, 11) is 0. The Morgan fingerprint density at radius 3 is 2.22 bits per heavy atom. The van der Waals surface area contributed by atoms with Gasteiger partial charge in [-0.3, -0.25) is 0 Å². The highest BCUT2D eigenvalue weighted by Gasteiger charge is 2.12. The van der Waals surface area contributed by atoms with Crippen molar-refractivity contribution in [3.63, 3.8) is 0 Å². The number of hydrogen-bond donors (Lipinski definition) is 0. The van der Waals surface area contributed by atoms with Gasteiger partial charge in [0, 0.05) is 0 Å². The lowest BCUT2D eigenvalue weighted by Gasteiger charge is -2.17. The maximum atomic E-state index is 4.28. The minimum atomic E-state index is 0.515. The highest BCUT2D eigenvalue weighted by atomic mass is 14.2. The molecule has 0 heterocycles. The van der Waals surface area contributed by atoms with E-state index >= 15 is 0 Å². The van der Waals surface area contributed by atoms with Gasteiger partial charge in [-0.1, -0.05) is 69.0 Å². The Bertz CT molecular complexity index is 548. The first kappa shape index (κ1) is 12.6. The van der Waals surface area contributed by atoms with E-state index in [1.54, 1.807) is 0 Å². The fourth-order valence-corrected chi connectivity index (χ4v) is 2.50. The van der Waals surface area contributed by atoms with Crippen LogP contribution in [0.4, 0.5) is 0 Å². The Morgan fingerprint density at radius 2 is 1.61 bits per heavy atom. The average Bonchev–Trinajstić information content (AvgIpc) is 2.38. The number of hydrogen-bond acceptors (Lipinski definition) is 0. The van der Waals surface area contributed by atoms with Crippen molar-refractivity contribution in [2.75, 3.05) is 0 Å². The van der Waals surface area contributed by atoms with Crippen LogP contribution >= 0.6 is 0 Å². The maximum absolute atomic E-state index is 4.28. The molecule has 2 rings (SSSR count). The fraction of sp³-hybridized carbons (Fsp3) is 0.222. The number of aryl methyl sites for hydroxylation is 1. The second-order valence-corrected chi connectivity index (χ2v) is 5.04. The lowest BCUT2D eigenvalue weighted by Crippen LogP contribution is -1.99. The molecule has 0 heteroatoms. The summed E-state index contributed by atoms with van der Waals surface area (Å²) in [6.45, 7) is 10.9. The van der Waals surface area contributed by atoms with Crippen LogP contribution in [-0.2, 0) is 0 Å². The Hall–Kier alpha value is -1.82. The molecule has 0 unspecified atom stereocenters. The van der Waals surface area contributed by atoms with Crippen molar-refractivity contribution < 1.29 is 0 Å². The minimum absolute atomic E-state index is 0.515. The summed E-state index contributed by atoms with van der Waals surface area (Å²) in [6.07, 6.45) is 0. The van der Waals surface area contributed by atoms with Crippen molar-refractivity contribution in [3.05, 3.63) is 77.4 Å². The molecule has 0 saturated carbocycles. The van der Waals surface area contributed by atoms with Crippen LogP contribution in [0.2, 0.25) is 0 Å². The van der Waals surface area contributed by atoms with E-state index in [2.05, 4.69) is 69.8 Å². The van der Waals surface area contributed by atoms with E-state index in [4.69, 9.17) is 0 Å². The molecule has 2 aromatic carbocycles. The third-order valence-corrected chi connectivity index (χ3v) is 3.35. The van der Waals surface area contributed by atoms with Gasteiger partial charge >= 0.3 is 0 Å². The maximum Gasteiger partial charge on any atom is -0.0147 e. The summed E-state index contributed by atoms with van der Waals surface area (Å²) in [4.78, 5) is 0. The van der Waals surface area contributed by atoms with Crippen molar-refractivity contribution >= 4 is 5.57 Å². The van der Waals surface area contributed by atoms with Crippen LogP contribution in [0, 0.1) is 6.92 Å². The predicted molar refractivity (Wildman–Crippen MR) is 79.8 cm³/mol. The summed E-state index contributed by atoms with van der Waals surface area (Å²) < 4.78 is 0. The van der Waals surface area contributed by atoms with E-state index in [1.165, 1.54) is 22.3 Å². The highest BCUT2D eigenvalue weighted by Crippen LogP contribution is 2.31. The van der Waals surface area contributed by atoms with Gasteiger partial charge in [-0.2, -0.15) is 0 Å². The van der Waals surface area contributed by atoms with Gasteiger partial charge in [-0.25, -0.2) is 0 Å². The normalized spacial score (nSPS) is 10.7. The highest BCUT2D eigenvalue weighted by molar-refractivity contribution is 5.80. The second-order valence-electron chi connectivity index (χ2n) is 5.04. The first-order chi connectivity index (χ1) is 8.61. The molecule has 0 aliphatic carbocycles. The third-order valence-electron chi connectivity index (χ3n) is 3.35. The molecule has 0 atom stereocenters. The molecule has 92 valence electrons. The smallest absolute Gasteiger partial charge is 0.0147 e. The number of benzene rings is 2. The van der Waals surface area contributed by atoms with Gasteiger partial charge in [0.25, 0.3) is 0 Å². The standard InChI is InChI=1S/C18H20/c1-13(2)18-14(3)9-8-12-17(18)15(4)16-10-6-5-7-11-16/h5-13H,4H2,1-3H3. The molecule has 18 heavy (non-hydrogen) atoms. The Kier molecular flexibility index (Phi) is 3.66. The molecular formula is C18H20. The van der Waals surface area contributed by atoms with E-state index in [-0.39, 0.29) is 0 Å². The molecule has 0 radical (unpaired) electrons. The molecule has 0 nitrogen and oxygen atoms in total. The van der Waals surface area contributed by atoms with Gasteiger partial charge in [-0.15, -0.1) is 0 Å². The molecule has 0 aromatic heterocycles.